The SMILES string of the molecule is CC1(C)CC(Nc2ncnc(Nc3ccc(F)c(Cl)c3)c2[N+](=O)[O-])CC(C)(C)N1. The number of halogens is 2. The molecule has 156 valence electrons. The van der Waals surface area contributed by atoms with Crippen molar-refractivity contribution in [3.8, 4) is 0 Å². The van der Waals surface area contributed by atoms with Gasteiger partial charge in [-0.1, -0.05) is 11.6 Å². The van der Waals surface area contributed by atoms with Gasteiger partial charge >= 0.3 is 5.69 Å². The Labute approximate surface area is 173 Å². The normalized spacial score (nSPS) is 18.3. The summed E-state index contributed by atoms with van der Waals surface area (Å²) in [7, 11) is 0. The van der Waals surface area contributed by atoms with Crippen molar-refractivity contribution in [3.63, 3.8) is 0 Å². The number of nitro groups is 1. The summed E-state index contributed by atoms with van der Waals surface area (Å²) in [5.74, 6) is -0.435. The minimum Gasteiger partial charge on any atom is -0.361 e. The van der Waals surface area contributed by atoms with Crippen LogP contribution in [0.2, 0.25) is 5.02 Å². The van der Waals surface area contributed by atoms with E-state index >= 15 is 0 Å². The van der Waals surface area contributed by atoms with Crippen LogP contribution >= 0.6 is 11.6 Å². The van der Waals surface area contributed by atoms with Crippen molar-refractivity contribution < 1.29 is 9.31 Å². The standard InChI is InChI=1S/C19H24ClFN6O2/c1-18(2)8-12(9-19(3,4)26-18)25-17-15(27(28)29)16(22-10-23-17)24-11-5-6-14(21)13(20)7-11/h5-7,10,12,26H,8-9H2,1-4H3,(H2,22,23,24,25). The van der Waals surface area contributed by atoms with E-state index in [4.69, 9.17) is 11.6 Å². The fourth-order valence-corrected chi connectivity index (χ4v) is 4.26. The molecule has 8 nitrogen and oxygen atoms in total. The summed E-state index contributed by atoms with van der Waals surface area (Å²) in [6.45, 7) is 8.40. The van der Waals surface area contributed by atoms with Gasteiger partial charge in [0.1, 0.15) is 12.1 Å². The summed E-state index contributed by atoms with van der Waals surface area (Å²) in [5, 5.41) is 21.3. The predicted octanol–water partition coefficient (Wildman–Crippen LogP) is 4.64. The molecule has 0 aliphatic carbocycles. The monoisotopic (exact) mass is 422 g/mol. The topological polar surface area (TPSA) is 105 Å². The Kier molecular flexibility index (Phi) is 5.64. The van der Waals surface area contributed by atoms with Gasteiger partial charge in [0.05, 0.1) is 9.95 Å². The number of hydrogen-bond acceptors (Lipinski definition) is 7. The fraction of sp³-hybridized carbons (Fsp3) is 0.474. The molecule has 0 saturated carbocycles. The van der Waals surface area contributed by atoms with E-state index in [1.165, 1.54) is 24.5 Å². The molecule has 2 heterocycles. The smallest absolute Gasteiger partial charge is 0.353 e. The summed E-state index contributed by atoms with van der Waals surface area (Å²) in [6, 6.07) is 3.93. The largest absolute Gasteiger partial charge is 0.361 e. The minimum atomic E-state index is -0.576. The van der Waals surface area contributed by atoms with Gasteiger partial charge in [-0.2, -0.15) is 0 Å². The van der Waals surface area contributed by atoms with Crippen LogP contribution < -0.4 is 16.0 Å². The van der Waals surface area contributed by atoms with Gasteiger partial charge in [-0.25, -0.2) is 14.4 Å². The van der Waals surface area contributed by atoms with Crippen molar-refractivity contribution in [2.45, 2.75) is 57.7 Å². The Hall–Kier alpha value is -2.52. The average Bonchev–Trinajstić information content (AvgIpc) is 2.55. The van der Waals surface area contributed by atoms with E-state index in [2.05, 4.69) is 53.6 Å². The molecule has 10 heteroatoms. The van der Waals surface area contributed by atoms with Gasteiger partial charge in [-0.15, -0.1) is 0 Å². The molecule has 29 heavy (non-hydrogen) atoms. The van der Waals surface area contributed by atoms with E-state index in [1.807, 2.05) is 0 Å². The quantitative estimate of drug-likeness (QED) is 0.476. The molecular weight excluding hydrogens is 399 g/mol. The molecular formula is C19H24ClFN6O2. The highest BCUT2D eigenvalue weighted by atomic mass is 35.5. The minimum absolute atomic E-state index is 0.00243. The van der Waals surface area contributed by atoms with Crippen molar-refractivity contribution in [3.05, 3.63) is 45.5 Å². The first-order valence-electron chi connectivity index (χ1n) is 9.23. The highest BCUT2D eigenvalue weighted by Gasteiger charge is 2.38. The zero-order valence-corrected chi connectivity index (χ0v) is 17.5. The van der Waals surface area contributed by atoms with Gasteiger partial charge in [0.25, 0.3) is 0 Å². The molecule has 1 saturated heterocycles. The molecule has 0 atom stereocenters. The third-order valence-electron chi connectivity index (χ3n) is 4.72. The van der Waals surface area contributed by atoms with Crippen LogP contribution in [0.15, 0.2) is 24.5 Å². The molecule has 1 aliphatic heterocycles. The van der Waals surface area contributed by atoms with Crippen molar-refractivity contribution in [1.82, 2.24) is 15.3 Å². The summed E-state index contributed by atoms with van der Waals surface area (Å²) < 4.78 is 13.4. The summed E-state index contributed by atoms with van der Waals surface area (Å²) in [4.78, 5) is 19.4. The lowest BCUT2D eigenvalue weighted by Crippen LogP contribution is -2.60. The molecule has 3 N–H and O–H groups in total. The maximum atomic E-state index is 13.4. The van der Waals surface area contributed by atoms with Crippen molar-refractivity contribution in [1.29, 1.82) is 0 Å². The zero-order valence-electron chi connectivity index (χ0n) is 16.7. The van der Waals surface area contributed by atoms with Gasteiger partial charge in [-0.05, 0) is 58.7 Å². The number of hydrogen-bond donors (Lipinski definition) is 3. The van der Waals surface area contributed by atoms with Crippen LogP contribution in [0.3, 0.4) is 0 Å². The fourth-order valence-electron chi connectivity index (χ4n) is 4.08. The van der Waals surface area contributed by atoms with Crippen molar-refractivity contribution in [2.75, 3.05) is 10.6 Å². The van der Waals surface area contributed by atoms with Crippen LogP contribution in [0.1, 0.15) is 40.5 Å². The Bertz CT molecular complexity index is 921. The maximum absolute atomic E-state index is 13.4. The van der Waals surface area contributed by atoms with Gasteiger partial charge in [0.2, 0.25) is 11.6 Å². The average molecular weight is 423 g/mol. The van der Waals surface area contributed by atoms with Gasteiger partial charge < -0.3 is 16.0 Å². The molecule has 0 bridgehead atoms. The Balaban J connectivity index is 1.91. The van der Waals surface area contributed by atoms with E-state index in [1.54, 1.807) is 0 Å². The van der Waals surface area contributed by atoms with Gasteiger partial charge in [-0.3, -0.25) is 10.1 Å². The first kappa shape index (κ1) is 21.2. The molecule has 1 aromatic heterocycles. The Morgan fingerprint density at radius 2 is 1.83 bits per heavy atom. The van der Waals surface area contributed by atoms with E-state index in [9.17, 15) is 14.5 Å². The maximum Gasteiger partial charge on any atom is 0.353 e. The lowest BCUT2D eigenvalue weighted by Gasteiger charge is -2.46. The lowest BCUT2D eigenvalue weighted by atomic mass is 9.79. The summed E-state index contributed by atoms with van der Waals surface area (Å²) >= 11 is 5.80. The first-order chi connectivity index (χ1) is 13.5. The molecule has 0 radical (unpaired) electrons. The molecule has 0 amide bonds. The summed E-state index contributed by atoms with van der Waals surface area (Å²) in [5.41, 5.74) is -0.157. The number of piperidine rings is 1. The zero-order chi connectivity index (χ0) is 21.4. The molecule has 1 aliphatic rings. The predicted molar refractivity (Wildman–Crippen MR) is 111 cm³/mol. The third kappa shape index (κ3) is 5.10. The number of anilines is 3. The van der Waals surface area contributed by atoms with E-state index in [0.29, 0.717) is 5.69 Å². The second-order valence-corrected chi connectivity index (χ2v) is 8.98. The number of nitrogens with one attached hydrogen (secondary N) is 3. The molecule has 0 unspecified atom stereocenters. The molecule has 0 spiro atoms. The van der Waals surface area contributed by atoms with Gasteiger partial charge in [0, 0.05) is 22.8 Å². The Morgan fingerprint density at radius 3 is 2.41 bits per heavy atom. The molecule has 1 fully saturated rings. The molecule has 1 aromatic carbocycles. The van der Waals surface area contributed by atoms with E-state index < -0.39 is 10.7 Å². The van der Waals surface area contributed by atoms with Crippen LogP contribution in [-0.2, 0) is 0 Å². The first-order valence-corrected chi connectivity index (χ1v) is 9.61. The van der Waals surface area contributed by atoms with Crippen molar-refractivity contribution >= 4 is 34.6 Å². The lowest BCUT2D eigenvalue weighted by molar-refractivity contribution is -0.383. The van der Waals surface area contributed by atoms with Crippen LogP contribution in [-0.4, -0.2) is 32.0 Å². The van der Waals surface area contributed by atoms with Crippen LogP contribution in [0.4, 0.5) is 27.4 Å². The van der Waals surface area contributed by atoms with E-state index in [-0.39, 0.29) is 39.5 Å². The number of aromatic nitrogens is 2. The van der Waals surface area contributed by atoms with Crippen LogP contribution in [0, 0.1) is 15.9 Å². The summed E-state index contributed by atoms with van der Waals surface area (Å²) in [6.07, 6.45) is 2.79. The van der Waals surface area contributed by atoms with Crippen LogP contribution in [0.5, 0.6) is 0 Å². The highest BCUT2D eigenvalue weighted by Crippen LogP contribution is 2.35. The molecule has 3 rings (SSSR count). The molecule has 2 aromatic rings. The number of nitrogens with zero attached hydrogens (tertiary/aromatic N) is 3. The highest BCUT2D eigenvalue weighted by molar-refractivity contribution is 6.31. The van der Waals surface area contributed by atoms with Crippen LogP contribution in [0.25, 0.3) is 0 Å². The third-order valence-corrected chi connectivity index (χ3v) is 5.01. The van der Waals surface area contributed by atoms with Crippen molar-refractivity contribution in [2.24, 2.45) is 0 Å². The van der Waals surface area contributed by atoms with E-state index in [0.717, 1.165) is 12.8 Å². The number of rotatable bonds is 5. The second kappa shape index (κ2) is 7.72. The Morgan fingerprint density at radius 1 is 1.21 bits per heavy atom. The number of benzene rings is 1. The van der Waals surface area contributed by atoms with Gasteiger partial charge in [0.15, 0.2) is 0 Å². The second-order valence-electron chi connectivity index (χ2n) is 8.57.